The minimum Gasteiger partial charge on any atom is -0.458 e. The maximum atomic E-state index is 6.95. The van der Waals surface area contributed by atoms with Crippen molar-refractivity contribution < 1.29 is 9.30 Å². The summed E-state index contributed by atoms with van der Waals surface area (Å²) in [5, 5.41) is 2.31. The molecule has 0 spiro atoms. The van der Waals surface area contributed by atoms with Gasteiger partial charge in [0.2, 0.25) is 0 Å². The molecule has 4 heterocycles. The summed E-state index contributed by atoms with van der Waals surface area (Å²) in [5.74, 6) is 2.34. The summed E-state index contributed by atoms with van der Waals surface area (Å²) >= 11 is 0. The van der Waals surface area contributed by atoms with Crippen LogP contribution in [0.1, 0.15) is 79.0 Å². The van der Waals surface area contributed by atoms with Crippen molar-refractivity contribution in [2.45, 2.75) is 78.6 Å². The van der Waals surface area contributed by atoms with Gasteiger partial charge in [0, 0.05) is 23.0 Å². The van der Waals surface area contributed by atoms with Gasteiger partial charge in [-0.05, 0) is 149 Å². The molecule has 1 aliphatic heterocycles. The Kier molecular flexibility index (Phi) is 11.1. The zero-order chi connectivity index (χ0) is 53.0. The predicted molar refractivity (Wildman–Crippen MR) is 319 cm³/mol. The van der Waals surface area contributed by atoms with Gasteiger partial charge in [-0.1, -0.05) is 202 Å². The lowest BCUT2D eigenvalue weighted by Crippen LogP contribution is -2.31. The van der Waals surface area contributed by atoms with Crippen LogP contribution in [0, 0.1) is 6.33 Å². The van der Waals surface area contributed by atoms with E-state index in [1.165, 1.54) is 44.3 Å². The van der Waals surface area contributed by atoms with E-state index in [2.05, 4.69) is 283 Å². The fraction of sp³-hybridized carbons (Fsp3) is 0.167. The lowest BCUT2D eigenvalue weighted by molar-refractivity contribution is -0.571. The molecule has 5 heteroatoms. The Morgan fingerprint density at radius 1 is 0.403 bits per heavy atom. The summed E-state index contributed by atoms with van der Waals surface area (Å²) in [5.41, 5.74) is 21.6. The van der Waals surface area contributed by atoms with E-state index in [0.29, 0.717) is 0 Å². The molecule has 77 heavy (non-hydrogen) atoms. The number of rotatable bonds is 6. The maximum Gasteiger partial charge on any atom is 0.269 e. The normalized spacial score (nSPS) is 12.5. The Bertz CT molecular complexity index is 4280. The van der Waals surface area contributed by atoms with E-state index in [-0.39, 0.29) is 16.2 Å². The van der Waals surface area contributed by atoms with Crippen molar-refractivity contribution in [2.24, 2.45) is 0 Å². The first-order valence-electron chi connectivity index (χ1n) is 26.9. The molecule has 13 rings (SSSR count). The molecular weight excluding hydrogens is 937 g/mol. The quantitative estimate of drug-likeness (QED) is 0.123. The van der Waals surface area contributed by atoms with Gasteiger partial charge in [-0.25, -0.2) is 4.98 Å². The van der Waals surface area contributed by atoms with Gasteiger partial charge in [0.25, 0.3) is 6.33 Å². The van der Waals surface area contributed by atoms with Crippen molar-refractivity contribution >= 4 is 32.8 Å². The van der Waals surface area contributed by atoms with Crippen LogP contribution in [-0.4, -0.2) is 14.1 Å². The van der Waals surface area contributed by atoms with Crippen molar-refractivity contribution in [3.05, 3.63) is 235 Å². The Morgan fingerprint density at radius 3 is 1.64 bits per heavy atom. The molecule has 5 nitrogen and oxygen atoms in total. The number of imidazole rings is 1. The fourth-order valence-corrected chi connectivity index (χ4v) is 11.4. The molecule has 12 aromatic rings. The molecule has 0 radical (unpaired) electrons. The number of hydrogen-bond acceptors (Lipinski definition) is 2. The zero-order valence-corrected chi connectivity index (χ0v) is 45.4. The van der Waals surface area contributed by atoms with Gasteiger partial charge in [0.1, 0.15) is 17.3 Å². The van der Waals surface area contributed by atoms with E-state index < -0.39 is 0 Å². The molecule has 0 saturated heterocycles. The van der Waals surface area contributed by atoms with Gasteiger partial charge in [0.15, 0.2) is 0 Å². The molecule has 0 bridgehead atoms. The molecule has 0 fully saturated rings. The van der Waals surface area contributed by atoms with Crippen molar-refractivity contribution in [2.75, 3.05) is 0 Å². The van der Waals surface area contributed by atoms with Crippen molar-refractivity contribution in [3.63, 3.8) is 0 Å². The van der Waals surface area contributed by atoms with Crippen molar-refractivity contribution in [1.29, 1.82) is 0 Å². The molecule has 0 saturated carbocycles. The van der Waals surface area contributed by atoms with Crippen LogP contribution in [0.2, 0.25) is 0 Å². The van der Waals surface area contributed by atoms with Gasteiger partial charge in [-0.15, -0.1) is 0 Å². The third-order valence-electron chi connectivity index (χ3n) is 15.7. The Morgan fingerprint density at radius 2 is 0.974 bits per heavy atom. The molecule has 9 aromatic carbocycles. The SMILES string of the molecule is CC(C)(C)c1ccc(-c2ccc3c(c2)-[n+]2[c-]n(-c4cccc(Oc5ccc6c7ccccc7n(-c7cc(C(C)(C)C)ccn7)c6c5)c4)c4cc(-c5ccc(C(C)(C)C)cc5)cc(c42)-c2ccccc2-c2ccccc2-3)cc1. The van der Waals surface area contributed by atoms with Gasteiger partial charge in [-0.2, -0.15) is 0 Å². The third kappa shape index (κ3) is 8.42. The minimum atomic E-state index is -0.0328. The number of pyridine rings is 1. The highest BCUT2D eigenvalue weighted by Crippen LogP contribution is 2.46. The Labute approximate surface area is 452 Å². The fourth-order valence-electron chi connectivity index (χ4n) is 11.4. The summed E-state index contributed by atoms with van der Waals surface area (Å²) in [6.45, 7) is 20.4. The standard InChI is InChI=1S/C72H62N4O/c1-70(2,3)50-30-25-46(26-31-50)48-29-35-61-58-21-12-10-19-56(58)57-20-11-13-22-59(57)63-39-49(47-27-32-51(33-28-47)71(4,5)6)41-67-69(63)75(65(61)40-48)45-74(67)53-17-16-18-54(43-53)77-55-34-36-62-60-23-14-15-24-64(60)76(66(62)44-55)68-42-52(37-38-73-68)72(7,8)9/h10-44H,1-9H3. The topological polar surface area (TPSA) is 35.9 Å². The molecule has 1 aliphatic rings. The second-order valence-corrected chi connectivity index (χ2v) is 23.9. The average molecular weight is 999 g/mol. The summed E-state index contributed by atoms with van der Waals surface area (Å²) in [4.78, 5) is 4.94. The predicted octanol–water partition coefficient (Wildman–Crippen LogP) is 18.5. The zero-order valence-electron chi connectivity index (χ0n) is 45.4. The highest BCUT2D eigenvalue weighted by Gasteiger charge is 2.27. The summed E-state index contributed by atoms with van der Waals surface area (Å²) in [6.07, 6.45) is 5.94. The second-order valence-electron chi connectivity index (χ2n) is 23.9. The van der Waals surface area contributed by atoms with E-state index in [0.717, 1.165) is 89.5 Å². The molecule has 376 valence electrons. The Hall–Kier alpha value is -8.80. The first kappa shape index (κ1) is 47.9. The lowest BCUT2D eigenvalue weighted by Gasteiger charge is -2.20. The van der Waals surface area contributed by atoms with Crippen LogP contribution in [0.25, 0.3) is 106 Å². The summed E-state index contributed by atoms with van der Waals surface area (Å²) in [7, 11) is 0. The number of benzene rings is 9. The maximum absolute atomic E-state index is 6.95. The average Bonchev–Trinajstić information content (AvgIpc) is 4.16. The van der Waals surface area contributed by atoms with Crippen LogP contribution >= 0.6 is 0 Å². The monoisotopic (exact) mass is 998 g/mol. The molecule has 0 amide bonds. The van der Waals surface area contributed by atoms with Gasteiger partial charge < -0.3 is 4.74 Å². The highest BCUT2D eigenvalue weighted by atomic mass is 16.5. The van der Waals surface area contributed by atoms with Crippen LogP contribution in [0.3, 0.4) is 0 Å². The summed E-state index contributed by atoms with van der Waals surface area (Å²) in [6, 6.07) is 75.5. The molecule has 0 aliphatic carbocycles. The Balaban J connectivity index is 1.02. The number of fused-ring (bicyclic) bond motifs is 10. The number of para-hydroxylation sites is 1. The molecule has 0 unspecified atom stereocenters. The number of hydrogen-bond donors (Lipinski definition) is 0. The summed E-state index contributed by atoms with van der Waals surface area (Å²) < 4.78 is 13.8. The highest BCUT2D eigenvalue weighted by molar-refractivity contribution is 6.09. The van der Waals surface area contributed by atoms with E-state index in [1.54, 1.807) is 0 Å². The molecule has 0 N–H and O–H groups in total. The number of aromatic nitrogens is 4. The smallest absolute Gasteiger partial charge is 0.269 e. The molecular formula is C72H62N4O. The lowest BCUT2D eigenvalue weighted by atomic mass is 9.85. The molecule has 3 aromatic heterocycles. The second kappa shape index (κ2) is 17.9. The van der Waals surface area contributed by atoms with E-state index in [9.17, 15) is 0 Å². The van der Waals surface area contributed by atoms with Crippen LogP contribution in [0.15, 0.2) is 212 Å². The van der Waals surface area contributed by atoms with E-state index >= 15 is 0 Å². The third-order valence-corrected chi connectivity index (χ3v) is 15.7. The number of ether oxygens (including phenoxy) is 1. The van der Waals surface area contributed by atoms with E-state index in [4.69, 9.17) is 9.72 Å². The van der Waals surface area contributed by atoms with Crippen LogP contribution in [0.5, 0.6) is 11.5 Å². The van der Waals surface area contributed by atoms with Crippen LogP contribution in [-0.2, 0) is 16.2 Å². The van der Waals surface area contributed by atoms with Crippen LogP contribution < -0.4 is 9.30 Å². The van der Waals surface area contributed by atoms with E-state index in [1.807, 2.05) is 12.3 Å². The first-order valence-corrected chi connectivity index (χ1v) is 26.9. The largest absolute Gasteiger partial charge is 0.458 e. The minimum absolute atomic E-state index is 0.0256. The number of nitrogens with zero attached hydrogens (tertiary/aromatic N) is 4. The first-order chi connectivity index (χ1) is 37.0. The van der Waals surface area contributed by atoms with Crippen molar-refractivity contribution in [1.82, 2.24) is 14.1 Å². The van der Waals surface area contributed by atoms with Crippen molar-refractivity contribution in [3.8, 4) is 84.3 Å². The van der Waals surface area contributed by atoms with Gasteiger partial charge in [-0.3, -0.25) is 13.7 Å². The van der Waals surface area contributed by atoms with Gasteiger partial charge >= 0.3 is 0 Å². The van der Waals surface area contributed by atoms with Gasteiger partial charge in [0.05, 0.1) is 33.4 Å². The molecule has 0 atom stereocenters. The van der Waals surface area contributed by atoms with Crippen LogP contribution in [0.4, 0.5) is 0 Å².